The third kappa shape index (κ3) is 3.50. The Morgan fingerprint density at radius 1 is 1.20 bits per heavy atom. The number of rotatable bonds is 4. The molecule has 1 unspecified atom stereocenters. The van der Waals surface area contributed by atoms with Crippen LogP contribution >= 0.6 is 11.6 Å². The number of aliphatic hydroxyl groups excluding tert-OH is 1. The first-order valence-corrected chi connectivity index (χ1v) is 6.74. The van der Waals surface area contributed by atoms with Crippen LogP contribution in [0.5, 0.6) is 0 Å². The molecule has 2 nitrogen and oxygen atoms in total. The minimum absolute atomic E-state index is 0.222. The molecule has 2 aromatic carbocycles. The molecule has 0 aliphatic heterocycles. The molecule has 0 aliphatic rings. The molecule has 0 saturated carbocycles. The zero-order valence-corrected chi connectivity index (χ0v) is 12.2. The van der Waals surface area contributed by atoms with E-state index in [0.717, 1.165) is 11.3 Å². The van der Waals surface area contributed by atoms with Crippen LogP contribution in [0.4, 0.5) is 10.1 Å². The van der Waals surface area contributed by atoms with Gasteiger partial charge in [-0.15, -0.1) is 0 Å². The van der Waals surface area contributed by atoms with Crippen LogP contribution in [0.3, 0.4) is 0 Å². The Morgan fingerprint density at radius 2 is 1.95 bits per heavy atom. The molecule has 0 saturated heterocycles. The molecule has 0 aliphatic carbocycles. The predicted octanol–water partition coefficient (Wildman–Crippen LogP) is 3.82. The molecular formula is C16H17ClFNO. The van der Waals surface area contributed by atoms with Gasteiger partial charge in [0, 0.05) is 31.2 Å². The molecule has 1 N–H and O–H groups in total. The van der Waals surface area contributed by atoms with E-state index in [1.54, 1.807) is 12.1 Å². The number of halogens is 2. The monoisotopic (exact) mass is 293 g/mol. The van der Waals surface area contributed by atoms with Crippen LogP contribution in [0.15, 0.2) is 42.5 Å². The summed E-state index contributed by atoms with van der Waals surface area (Å²) in [5.74, 6) is -0.389. The van der Waals surface area contributed by atoms with Crippen LogP contribution in [0.1, 0.15) is 17.2 Å². The van der Waals surface area contributed by atoms with E-state index in [-0.39, 0.29) is 12.2 Å². The van der Waals surface area contributed by atoms with Gasteiger partial charge in [-0.25, -0.2) is 4.39 Å². The summed E-state index contributed by atoms with van der Waals surface area (Å²) in [5.41, 5.74) is 2.22. The van der Waals surface area contributed by atoms with E-state index in [1.807, 2.05) is 43.3 Å². The van der Waals surface area contributed by atoms with Crippen molar-refractivity contribution in [3.05, 3.63) is 64.4 Å². The van der Waals surface area contributed by atoms with E-state index >= 15 is 0 Å². The SMILES string of the molecule is CN(C)c1cccc(C(O)Cc2ccc(Cl)cc2F)c1. The van der Waals surface area contributed by atoms with Gasteiger partial charge in [0.15, 0.2) is 0 Å². The number of hydrogen-bond acceptors (Lipinski definition) is 2. The molecule has 0 radical (unpaired) electrons. The fourth-order valence-electron chi connectivity index (χ4n) is 2.02. The van der Waals surface area contributed by atoms with Crippen LogP contribution in [0.2, 0.25) is 5.02 Å². The maximum Gasteiger partial charge on any atom is 0.127 e. The summed E-state index contributed by atoms with van der Waals surface area (Å²) in [7, 11) is 3.87. The fraction of sp³-hybridized carbons (Fsp3) is 0.250. The smallest absolute Gasteiger partial charge is 0.127 e. The maximum absolute atomic E-state index is 13.7. The van der Waals surface area contributed by atoms with Crippen molar-refractivity contribution in [1.82, 2.24) is 0 Å². The molecule has 0 spiro atoms. The number of aliphatic hydroxyl groups is 1. The Labute approximate surface area is 123 Å². The van der Waals surface area contributed by atoms with Gasteiger partial charge in [0.2, 0.25) is 0 Å². The minimum atomic E-state index is -0.745. The van der Waals surface area contributed by atoms with Gasteiger partial charge in [0.05, 0.1) is 6.10 Å². The molecule has 106 valence electrons. The molecule has 0 fully saturated rings. The number of hydrogen-bond donors (Lipinski definition) is 1. The van der Waals surface area contributed by atoms with Gasteiger partial charge in [-0.2, -0.15) is 0 Å². The van der Waals surface area contributed by atoms with Gasteiger partial charge in [-0.1, -0.05) is 29.8 Å². The Hall–Kier alpha value is -1.58. The average molecular weight is 294 g/mol. The van der Waals surface area contributed by atoms with E-state index in [4.69, 9.17) is 11.6 Å². The average Bonchev–Trinajstić information content (AvgIpc) is 2.42. The van der Waals surface area contributed by atoms with Crippen molar-refractivity contribution in [3.63, 3.8) is 0 Å². The van der Waals surface area contributed by atoms with Crippen LogP contribution in [-0.2, 0) is 6.42 Å². The van der Waals surface area contributed by atoms with Gasteiger partial charge >= 0.3 is 0 Å². The first kappa shape index (κ1) is 14.8. The van der Waals surface area contributed by atoms with Crippen molar-refractivity contribution < 1.29 is 9.50 Å². The first-order chi connectivity index (χ1) is 9.47. The Balaban J connectivity index is 2.19. The fourth-order valence-corrected chi connectivity index (χ4v) is 2.18. The zero-order chi connectivity index (χ0) is 14.7. The Kier molecular flexibility index (Phi) is 4.63. The Morgan fingerprint density at radius 3 is 2.60 bits per heavy atom. The second-order valence-electron chi connectivity index (χ2n) is 4.95. The van der Waals surface area contributed by atoms with Gasteiger partial charge in [-0.05, 0) is 35.4 Å². The lowest BCUT2D eigenvalue weighted by Gasteiger charge is -2.16. The summed E-state index contributed by atoms with van der Waals surface area (Å²) in [4.78, 5) is 1.96. The van der Waals surface area contributed by atoms with E-state index in [9.17, 15) is 9.50 Å². The molecule has 0 bridgehead atoms. The van der Waals surface area contributed by atoms with E-state index in [2.05, 4.69) is 0 Å². The quantitative estimate of drug-likeness (QED) is 0.926. The van der Waals surface area contributed by atoms with Crippen LogP contribution in [0, 0.1) is 5.82 Å². The van der Waals surface area contributed by atoms with E-state index in [1.165, 1.54) is 6.07 Å². The first-order valence-electron chi connectivity index (χ1n) is 6.36. The second kappa shape index (κ2) is 6.25. The van der Waals surface area contributed by atoms with Crippen molar-refractivity contribution in [1.29, 1.82) is 0 Å². The molecule has 2 rings (SSSR count). The van der Waals surface area contributed by atoms with Gasteiger partial charge in [0.1, 0.15) is 5.82 Å². The van der Waals surface area contributed by atoms with Crippen molar-refractivity contribution in [2.45, 2.75) is 12.5 Å². The molecule has 0 amide bonds. The molecule has 1 atom stereocenters. The van der Waals surface area contributed by atoms with Crippen molar-refractivity contribution in [2.24, 2.45) is 0 Å². The summed E-state index contributed by atoms with van der Waals surface area (Å²) < 4.78 is 13.7. The standard InChI is InChI=1S/C16H17ClFNO/c1-19(2)14-5-3-4-12(8-14)16(20)9-11-6-7-13(17)10-15(11)18/h3-8,10,16,20H,9H2,1-2H3. The summed E-state index contributed by atoms with van der Waals surface area (Å²) in [6.45, 7) is 0. The summed E-state index contributed by atoms with van der Waals surface area (Å²) in [6.07, 6.45) is -0.523. The summed E-state index contributed by atoms with van der Waals surface area (Å²) in [6, 6.07) is 12.1. The predicted molar refractivity (Wildman–Crippen MR) is 80.8 cm³/mol. The lowest BCUT2D eigenvalue weighted by atomic mass is 10.0. The topological polar surface area (TPSA) is 23.5 Å². The second-order valence-corrected chi connectivity index (χ2v) is 5.38. The molecule has 20 heavy (non-hydrogen) atoms. The zero-order valence-electron chi connectivity index (χ0n) is 11.5. The molecule has 0 aromatic heterocycles. The van der Waals surface area contributed by atoms with Gasteiger partial charge < -0.3 is 10.0 Å². The lowest BCUT2D eigenvalue weighted by molar-refractivity contribution is 0.177. The van der Waals surface area contributed by atoms with Gasteiger partial charge in [-0.3, -0.25) is 0 Å². The highest BCUT2D eigenvalue weighted by molar-refractivity contribution is 6.30. The molecule has 2 aromatic rings. The highest BCUT2D eigenvalue weighted by Gasteiger charge is 2.12. The minimum Gasteiger partial charge on any atom is -0.388 e. The highest BCUT2D eigenvalue weighted by atomic mass is 35.5. The van der Waals surface area contributed by atoms with E-state index in [0.29, 0.717) is 10.6 Å². The third-order valence-electron chi connectivity index (χ3n) is 3.20. The van der Waals surface area contributed by atoms with Crippen LogP contribution < -0.4 is 4.90 Å². The van der Waals surface area contributed by atoms with E-state index < -0.39 is 6.10 Å². The van der Waals surface area contributed by atoms with Crippen LogP contribution in [-0.4, -0.2) is 19.2 Å². The molecular weight excluding hydrogens is 277 g/mol. The lowest BCUT2D eigenvalue weighted by Crippen LogP contribution is -2.10. The molecule has 0 heterocycles. The number of nitrogens with zero attached hydrogens (tertiary/aromatic N) is 1. The molecule has 4 heteroatoms. The number of benzene rings is 2. The van der Waals surface area contributed by atoms with Crippen molar-refractivity contribution in [3.8, 4) is 0 Å². The summed E-state index contributed by atoms with van der Waals surface area (Å²) in [5, 5.41) is 10.6. The van der Waals surface area contributed by atoms with Crippen LogP contribution in [0.25, 0.3) is 0 Å². The number of anilines is 1. The largest absolute Gasteiger partial charge is 0.388 e. The highest BCUT2D eigenvalue weighted by Crippen LogP contribution is 2.24. The van der Waals surface area contributed by atoms with Crippen molar-refractivity contribution in [2.75, 3.05) is 19.0 Å². The van der Waals surface area contributed by atoms with Crippen molar-refractivity contribution >= 4 is 17.3 Å². The third-order valence-corrected chi connectivity index (χ3v) is 3.43. The normalized spacial score (nSPS) is 12.2. The maximum atomic E-state index is 13.7. The Bertz CT molecular complexity index is 601. The van der Waals surface area contributed by atoms with Gasteiger partial charge in [0.25, 0.3) is 0 Å². The summed E-state index contributed by atoms with van der Waals surface area (Å²) >= 11 is 5.72.